The van der Waals surface area contributed by atoms with E-state index in [0.29, 0.717) is 0 Å². The Hall–Kier alpha value is -0.0800. The second-order valence-corrected chi connectivity index (χ2v) is 4.63. The Morgan fingerprint density at radius 3 is 2.92 bits per heavy atom. The van der Waals surface area contributed by atoms with Crippen molar-refractivity contribution in [2.75, 3.05) is 32.7 Å². The van der Waals surface area contributed by atoms with E-state index in [0.717, 1.165) is 11.8 Å². The van der Waals surface area contributed by atoms with Gasteiger partial charge in [0.25, 0.3) is 0 Å². The first-order valence-corrected chi connectivity index (χ1v) is 5.83. The Balaban J connectivity index is 1.77. The number of nitrogens with one attached hydrogen (secondary N) is 1. The van der Waals surface area contributed by atoms with Gasteiger partial charge in [-0.05, 0) is 44.3 Å². The molecule has 0 aromatic heterocycles. The van der Waals surface area contributed by atoms with E-state index in [1.807, 2.05) is 0 Å². The summed E-state index contributed by atoms with van der Waals surface area (Å²) >= 11 is 0. The lowest BCUT2D eigenvalue weighted by molar-refractivity contribution is 0.315. The van der Waals surface area contributed by atoms with Crippen LogP contribution in [-0.4, -0.2) is 37.6 Å². The van der Waals surface area contributed by atoms with Crippen molar-refractivity contribution in [2.24, 2.45) is 11.8 Å². The second kappa shape index (κ2) is 4.43. The Bertz CT molecular complexity index is 144. The minimum Gasteiger partial charge on any atom is -0.316 e. The van der Waals surface area contributed by atoms with Crippen LogP contribution in [0.25, 0.3) is 0 Å². The number of likely N-dealkylation sites (tertiary alicyclic amines) is 1. The first-order valence-electron chi connectivity index (χ1n) is 5.83. The molecule has 2 atom stereocenters. The van der Waals surface area contributed by atoms with Gasteiger partial charge in [-0.2, -0.15) is 0 Å². The number of rotatable bonds is 3. The minimum absolute atomic E-state index is 0.964. The van der Waals surface area contributed by atoms with E-state index in [4.69, 9.17) is 0 Å². The fourth-order valence-corrected chi connectivity index (χ4v) is 2.73. The molecule has 0 amide bonds. The fraction of sp³-hybridized carbons (Fsp3) is 1.00. The Morgan fingerprint density at radius 2 is 2.15 bits per heavy atom. The van der Waals surface area contributed by atoms with Crippen LogP contribution >= 0.6 is 0 Å². The first-order chi connectivity index (χ1) is 6.40. The number of nitrogens with zero attached hydrogens (tertiary/aromatic N) is 1. The monoisotopic (exact) mass is 182 g/mol. The molecule has 1 N–H and O–H groups in total. The number of hydrogen-bond donors (Lipinski definition) is 1. The third kappa shape index (κ3) is 2.23. The van der Waals surface area contributed by atoms with E-state index >= 15 is 0 Å². The van der Waals surface area contributed by atoms with Crippen LogP contribution < -0.4 is 5.32 Å². The molecular weight excluding hydrogens is 160 g/mol. The zero-order valence-corrected chi connectivity index (χ0v) is 8.76. The molecule has 0 bridgehead atoms. The van der Waals surface area contributed by atoms with Crippen LogP contribution in [0, 0.1) is 11.8 Å². The van der Waals surface area contributed by atoms with Gasteiger partial charge in [0.05, 0.1) is 0 Å². The molecule has 2 heterocycles. The smallest absolute Gasteiger partial charge is 0.00251 e. The molecule has 2 aliphatic rings. The maximum absolute atomic E-state index is 3.51. The highest BCUT2D eigenvalue weighted by molar-refractivity contribution is 4.88. The van der Waals surface area contributed by atoms with Crippen molar-refractivity contribution in [3.63, 3.8) is 0 Å². The molecule has 0 radical (unpaired) electrons. The molecular formula is C11H22N2. The third-order valence-electron chi connectivity index (χ3n) is 3.58. The molecule has 0 aromatic carbocycles. The van der Waals surface area contributed by atoms with Gasteiger partial charge in [-0.1, -0.05) is 13.3 Å². The maximum atomic E-state index is 3.51. The van der Waals surface area contributed by atoms with Crippen molar-refractivity contribution in [2.45, 2.75) is 26.2 Å². The molecule has 2 heteroatoms. The quantitative estimate of drug-likeness (QED) is 0.708. The van der Waals surface area contributed by atoms with Crippen molar-refractivity contribution in [1.29, 1.82) is 0 Å². The SMILES string of the molecule is CCCCN1CC2CCNCC2C1. The second-order valence-electron chi connectivity index (χ2n) is 4.63. The molecule has 0 aliphatic carbocycles. The van der Waals surface area contributed by atoms with Gasteiger partial charge in [0, 0.05) is 13.1 Å². The molecule has 2 fully saturated rings. The predicted octanol–water partition coefficient (Wildman–Crippen LogP) is 1.33. The standard InChI is InChI=1S/C11H22N2/c1-2-3-6-13-8-10-4-5-12-7-11(10)9-13/h10-12H,2-9H2,1H3. The summed E-state index contributed by atoms with van der Waals surface area (Å²) < 4.78 is 0. The number of hydrogen-bond acceptors (Lipinski definition) is 2. The molecule has 2 saturated heterocycles. The zero-order valence-electron chi connectivity index (χ0n) is 8.76. The van der Waals surface area contributed by atoms with Gasteiger partial charge in [-0.3, -0.25) is 0 Å². The van der Waals surface area contributed by atoms with E-state index in [1.165, 1.54) is 52.0 Å². The van der Waals surface area contributed by atoms with E-state index in [-0.39, 0.29) is 0 Å². The van der Waals surface area contributed by atoms with Gasteiger partial charge < -0.3 is 10.2 Å². The van der Waals surface area contributed by atoms with Crippen LogP contribution in [0.3, 0.4) is 0 Å². The average Bonchev–Trinajstić information content (AvgIpc) is 2.57. The highest BCUT2D eigenvalue weighted by Crippen LogP contribution is 2.27. The molecule has 2 unspecified atom stereocenters. The van der Waals surface area contributed by atoms with Gasteiger partial charge in [0.2, 0.25) is 0 Å². The van der Waals surface area contributed by atoms with Crippen LogP contribution in [0.1, 0.15) is 26.2 Å². The Morgan fingerprint density at radius 1 is 1.31 bits per heavy atom. The summed E-state index contributed by atoms with van der Waals surface area (Å²) in [4.78, 5) is 2.67. The summed E-state index contributed by atoms with van der Waals surface area (Å²) in [6.07, 6.45) is 4.13. The number of unbranched alkanes of at least 4 members (excludes halogenated alkanes) is 1. The molecule has 2 rings (SSSR count). The largest absolute Gasteiger partial charge is 0.316 e. The van der Waals surface area contributed by atoms with Crippen molar-refractivity contribution in [3.05, 3.63) is 0 Å². The van der Waals surface area contributed by atoms with Crippen molar-refractivity contribution in [3.8, 4) is 0 Å². The molecule has 0 aromatic rings. The molecule has 2 aliphatic heterocycles. The summed E-state index contributed by atoms with van der Waals surface area (Å²) in [6, 6.07) is 0. The first kappa shape index (κ1) is 9.47. The maximum Gasteiger partial charge on any atom is 0.00251 e. The van der Waals surface area contributed by atoms with Crippen LogP contribution in [-0.2, 0) is 0 Å². The predicted molar refractivity (Wildman–Crippen MR) is 55.8 cm³/mol. The van der Waals surface area contributed by atoms with Crippen molar-refractivity contribution >= 4 is 0 Å². The average molecular weight is 182 g/mol. The van der Waals surface area contributed by atoms with Gasteiger partial charge >= 0.3 is 0 Å². The van der Waals surface area contributed by atoms with Crippen LogP contribution in [0.4, 0.5) is 0 Å². The normalized spacial score (nSPS) is 34.8. The van der Waals surface area contributed by atoms with Crippen LogP contribution in [0.5, 0.6) is 0 Å². The van der Waals surface area contributed by atoms with Crippen LogP contribution in [0.15, 0.2) is 0 Å². The van der Waals surface area contributed by atoms with Gasteiger partial charge in [0.15, 0.2) is 0 Å². The highest BCUT2D eigenvalue weighted by atomic mass is 15.2. The van der Waals surface area contributed by atoms with Gasteiger partial charge in [-0.25, -0.2) is 0 Å². The van der Waals surface area contributed by atoms with E-state index in [1.54, 1.807) is 0 Å². The van der Waals surface area contributed by atoms with Gasteiger partial charge in [0.1, 0.15) is 0 Å². The molecule has 76 valence electrons. The van der Waals surface area contributed by atoms with E-state index in [9.17, 15) is 0 Å². The Kier molecular flexibility index (Phi) is 3.23. The zero-order chi connectivity index (χ0) is 9.10. The summed E-state index contributed by atoms with van der Waals surface area (Å²) in [5.41, 5.74) is 0. The third-order valence-corrected chi connectivity index (χ3v) is 3.58. The molecule has 0 saturated carbocycles. The topological polar surface area (TPSA) is 15.3 Å². The van der Waals surface area contributed by atoms with E-state index in [2.05, 4.69) is 17.1 Å². The minimum atomic E-state index is 0.964. The fourth-order valence-electron chi connectivity index (χ4n) is 2.73. The van der Waals surface area contributed by atoms with Gasteiger partial charge in [-0.15, -0.1) is 0 Å². The lowest BCUT2D eigenvalue weighted by Gasteiger charge is -2.24. The highest BCUT2D eigenvalue weighted by Gasteiger charge is 2.33. The van der Waals surface area contributed by atoms with Crippen molar-refractivity contribution in [1.82, 2.24) is 10.2 Å². The summed E-state index contributed by atoms with van der Waals surface area (Å²) in [6.45, 7) is 8.88. The summed E-state index contributed by atoms with van der Waals surface area (Å²) in [5, 5.41) is 3.51. The number of fused-ring (bicyclic) bond motifs is 1. The summed E-state index contributed by atoms with van der Waals surface area (Å²) in [5.74, 6) is 1.98. The van der Waals surface area contributed by atoms with Crippen molar-refractivity contribution < 1.29 is 0 Å². The van der Waals surface area contributed by atoms with Crippen LogP contribution in [0.2, 0.25) is 0 Å². The number of piperidine rings is 1. The lowest BCUT2D eigenvalue weighted by atomic mass is 9.90. The molecule has 0 spiro atoms. The molecule has 13 heavy (non-hydrogen) atoms. The van der Waals surface area contributed by atoms with E-state index < -0.39 is 0 Å². The Labute approximate surface area is 81.7 Å². The summed E-state index contributed by atoms with van der Waals surface area (Å²) in [7, 11) is 0. The lowest BCUT2D eigenvalue weighted by Crippen LogP contribution is -2.35. The molecule has 2 nitrogen and oxygen atoms in total.